The number of rotatable bonds is 9. The van der Waals surface area contributed by atoms with Crippen LogP contribution in [0.3, 0.4) is 0 Å². The summed E-state index contributed by atoms with van der Waals surface area (Å²) >= 11 is 2.21. The molecule has 0 fully saturated rings. The highest BCUT2D eigenvalue weighted by Gasteiger charge is 2.26. The highest BCUT2D eigenvalue weighted by atomic mass is 127. The minimum Gasteiger partial charge on any atom is -0.497 e. The topological polar surface area (TPSA) is 67.9 Å². The number of hydrogen-bond acceptors (Lipinski definition) is 4. The van der Waals surface area contributed by atoms with Crippen molar-refractivity contribution in [1.82, 2.24) is 10.2 Å². The molecule has 0 heterocycles. The molecule has 7 heteroatoms. The Balaban J connectivity index is 2.11. The second-order valence-electron chi connectivity index (χ2n) is 6.18. The number of benzene rings is 2. The smallest absolute Gasteiger partial charge is 0.261 e. The summed E-state index contributed by atoms with van der Waals surface area (Å²) in [4.78, 5) is 26.7. The predicted octanol–water partition coefficient (Wildman–Crippen LogP) is 3.23. The quantitative estimate of drug-likeness (QED) is 0.542. The van der Waals surface area contributed by atoms with Crippen LogP contribution < -0.4 is 14.8 Å². The summed E-state index contributed by atoms with van der Waals surface area (Å²) in [5, 5.41) is 2.77. The fourth-order valence-corrected chi connectivity index (χ4v) is 2.95. The van der Waals surface area contributed by atoms with E-state index in [1.807, 2.05) is 55.5 Å². The summed E-state index contributed by atoms with van der Waals surface area (Å²) in [7, 11) is 1.60. The molecular formula is C21H25IN2O4. The molecule has 1 atom stereocenters. The molecule has 6 nitrogen and oxygen atoms in total. The first-order valence-corrected chi connectivity index (χ1v) is 10.1. The molecule has 2 amide bonds. The third kappa shape index (κ3) is 6.40. The molecule has 2 rings (SSSR count). The molecule has 28 heavy (non-hydrogen) atoms. The Hall–Kier alpha value is -2.29. The van der Waals surface area contributed by atoms with Crippen molar-refractivity contribution < 1.29 is 19.1 Å². The van der Waals surface area contributed by atoms with E-state index in [-0.39, 0.29) is 18.4 Å². The molecule has 0 aliphatic rings. The van der Waals surface area contributed by atoms with Crippen LogP contribution in [0.2, 0.25) is 0 Å². The lowest BCUT2D eigenvalue weighted by atomic mass is 10.1. The van der Waals surface area contributed by atoms with Crippen LogP contribution in [0.5, 0.6) is 11.5 Å². The molecule has 0 spiro atoms. The van der Waals surface area contributed by atoms with Gasteiger partial charge in [0.05, 0.1) is 7.11 Å². The summed E-state index contributed by atoms with van der Waals surface area (Å²) in [6, 6.07) is 14.3. The SMILES string of the molecule is CCNC(=O)[C@@H](C)N(Cc1ccc(OC)cc1)C(=O)COc1ccc(I)cc1. The van der Waals surface area contributed by atoms with Crippen molar-refractivity contribution in [2.45, 2.75) is 26.4 Å². The average molecular weight is 496 g/mol. The van der Waals surface area contributed by atoms with Crippen LogP contribution >= 0.6 is 22.6 Å². The number of halogens is 1. The van der Waals surface area contributed by atoms with Gasteiger partial charge in [-0.1, -0.05) is 12.1 Å². The third-order valence-electron chi connectivity index (χ3n) is 4.21. The van der Waals surface area contributed by atoms with E-state index in [0.29, 0.717) is 18.8 Å². The van der Waals surface area contributed by atoms with Gasteiger partial charge in [-0.15, -0.1) is 0 Å². The molecule has 0 aliphatic heterocycles. The van der Waals surface area contributed by atoms with Crippen LogP contribution in [-0.2, 0) is 16.1 Å². The Morgan fingerprint density at radius 3 is 2.25 bits per heavy atom. The van der Waals surface area contributed by atoms with Crippen molar-refractivity contribution in [2.75, 3.05) is 20.3 Å². The van der Waals surface area contributed by atoms with Gasteiger partial charge < -0.3 is 19.7 Å². The Labute approximate surface area is 179 Å². The van der Waals surface area contributed by atoms with Crippen molar-refractivity contribution in [3.63, 3.8) is 0 Å². The minimum atomic E-state index is -0.616. The highest BCUT2D eigenvalue weighted by Crippen LogP contribution is 2.16. The van der Waals surface area contributed by atoms with Crippen molar-refractivity contribution in [3.8, 4) is 11.5 Å². The molecule has 0 radical (unpaired) electrons. The van der Waals surface area contributed by atoms with Crippen LogP contribution in [0.15, 0.2) is 48.5 Å². The lowest BCUT2D eigenvalue weighted by molar-refractivity contribution is -0.142. The van der Waals surface area contributed by atoms with Crippen LogP contribution in [0.25, 0.3) is 0 Å². The van der Waals surface area contributed by atoms with Crippen LogP contribution in [0, 0.1) is 3.57 Å². The van der Waals surface area contributed by atoms with Gasteiger partial charge in [0.15, 0.2) is 6.61 Å². The molecule has 0 saturated heterocycles. The normalized spacial score (nSPS) is 11.4. The lowest BCUT2D eigenvalue weighted by Crippen LogP contribution is -2.49. The van der Waals surface area contributed by atoms with E-state index < -0.39 is 6.04 Å². The van der Waals surface area contributed by atoms with E-state index in [4.69, 9.17) is 9.47 Å². The van der Waals surface area contributed by atoms with Crippen LogP contribution in [0.1, 0.15) is 19.4 Å². The maximum Gasteiger partial charge on any atom is 0.261 e. The Morgan fingerprint density at radius 1 is 1.07 bits per heavy atom. The largest absolute Gasteiger partial charge is 0.497 e. The van der Waals surface area contributed by atoms with Crippen LogP contribution in [0.4, 0.5) is 0 Å². The van der Waals surface area contributed by atoms with Gasteiger partial charge in [0, 0.05) is 16.7 Å². The Bertz CT molecular complexity index is 778. The first-order valence-electron chi connectivity index (χ1n) is 9.03. The molecule has 0 bridgehead atoms. The second kappa shape index (κ2) is 10.9. The van der Waals surface area contributed by atoms with Crippen molar-refractivity contribution >= 4 is 34.4 Å². The van der Waals surface area contributed by atoms with Gasteiger partial charge in [0.1, 0.15) is 17.5 Å². The van der Waals surface area contributed by atoms with Crippen molar-refractivity contribution in [1.29, 1.82) is 0 Å². The average Bonchev–Trinajstić information content (AvgIpc) is 2.71. The number of amides is 2. The molecule has 0 aromatic heterocycles. The molecule has 2 aromatic carbocycles. The number of carbonyl (C=O) groups is 2. The maximum absolute atomic E-state index is 12.9. The molecule has 0 aliphatic carbocycles. The minimum absolute atomic E-state index is 0.138. The fourth-order valence-electron chi connectivity index (χ4n) is 2.59. The standard InChI is InChI=1S/C21H25IN2O4/c1-4-23-21(26)15(2)24(13-16-5-9-18(27-3)10-6-16)20(25)14-28-19-11-7-17(22)8-12-19/h5-12,15H,4,13-14H2,1-3H3,(H,23,26)/t15-/m1/s1. The molecule has 2 aromatic rings. The number of ether oxygens (including phenoxy) is 2. The fraction of sp³-hybridized carbons (Fsp3) is 0.333. The first kappa shape index (κ1) is 22.0. The maximum atomic E-state index is 12.9. The van der Waals surface area contributed by atoms with Gasteiger partial charge in [-0.05, 0) is 78.4 Å². The summed E-state index contributed by atoms with van der Waals surface area (Å²) in [5.74, 6) is 0.899. The zero-order chi connectivity index (χ0) is 20.5. The van der Waals surface area contributed by atoms with E-state index in [1.165, 1.54) is 4.90 Å². The number of hydrogen-bond donors (Lipinski definition) is 1. The van der Waals surface area contributed by atoms with Gasteiger partial charge >= 0.3 is 0 Å². The van der Waals surface area contributed by atoms with E-state index in [2.05, 4.69) is 27.9 Å². The number of methoxy groups -OCH3 is 1. The van der Waals surface area contributed by atoms with E-state index >= 15 is 0 Å². The van der Waals surface area contributed by atoms with E-state index in [0.717, 1.165) is 14.9 Å². The Kier molecular flexibility index (Phi) is 8.56. The van der Waals surface area contributed by atoms with Gasteiger partial charge in [0.25, 0.3) is 5.91 Å². The van der Waals surface area contributed by atoms with Gasteiger partial charge in [-0.3, -0.25) is 9.59 Å². The molecule has 0 saturated carbocycles. The van der Waals surface area contributed by atoms with Crippen LogP contribution in [-0.4, -0.2) is 43.0 Å². The van der Waals surface area contributed by atoms with Gasteiger partial charge in [-0.25, -0.2) is 0 Å². The van der Waals surface area contributed by atoms with Crippen molar-refractivity contribution in [3.05, 3.63) is 57.7 Å². The molecule has 0 unspecified atom stereocenters. The van der Waals surface area contributed by atoms with E-state index in [1.54, 1.807) is 14.0 Å². The second-order valence-corrected chi connectivity index (χ2v) is 7.43. The summed E-state index contributed by atoms with van der Waals surface area (Å²) < 4.78 is 11.9. The molecular weight excluding hydrogens is 471 g/mol. The number of likely N-dealkylation sites (N-methyl/N-ethyl adjacent to an activating group) is 1. The zero-order valence-corrected chi connectivity index (χ0v) is 18.4. The number of nitrogens with one attached hydrogen (secondary N) is 1. The molecule has 150 valence electrons. The third-order valence-corrected chi connectivity index (χ3v) is 4.93. The molecule has 1 N–H and O–H groups in total. The predicted molar refractivity (Wildman–Crippen MR) is 116 cm³/mol. The lowest BCUT2D eigenvalue weighted by Gasteiger charge is -2.28. The number of carbonyl (C=O) groups excluding carboxylic acids is 2. The summed E-state index contributed by atoms with van der Waals surface area (Å²) in [6.45, 7) is 4.24. The first-order chi connectivity index (χ1) is 13.4. The highest BCUT2D eigenvalue weighted by molar-refractivity contribution is 14.1. The summed E-state index contributed by atoms with van der Waals surface area (Å²) in [5.41, 5.74) is 0.902. The van der Waals surface area contributed by atoms with Gasteiger partial charge in [-0.2, -0.15) is 0 Å². The summed E-state index contributed by atoms with van der Waals surface area (Å²) in [6.07, 6.45) is 0. The van der Waals surface area contributed by atoms with Gasteiger partial charge in [0.2, 0.25) is 5.91 Å². The van der Waals surface area contributed by atoms with E-state index in [9.17, 15) is 9.59 Å². The Morgan fingerprint density at radius 2 is 1.68 bits per heavy atom. The monoisotopic (exact) mass is 496 g/mol. The number of nitrogens with zero attached hydrogens (tertiary/aromatic N) is 1. The van der Waals surface area contributed by atoms with Crippen molar-refractivity contribution in [2.24, 2.45) is 0 Å². The zero-order valence-electron chi connectivity index (χ0n) is 16.3.